The first-order valence-electron chi connectivity index (χ1n) is 6.30. The molecular weight excluding hydrogens is 244 g/mol. The maximum atomic E-state index is 11.7. The fourth-order valence-electron chi connectivity index (χ4n) is 1.59. The van der Waals surface area contributed by atoms with E-state index >= 15 is 0 Å². The molecule has 0 bridgehead atoms. The smallest absolute Gasteiger partial charge is 0.220 e. The van der Waals surface area contributed by atoms with Gasteiger partial charge in [0.05, 0.1) is 0 Å². The average Bonchev–Trinajstić information content (AvgIpc) is 2.76. The third-order valence-corrected chi connectivity index (χ3v) is 4.15. The van der Waals surface area contributed by atoms with Crippen molar-refractivity contribution < 1.29 is 4.79 Å². The molecule has 0 aliphatic heterocycles. The van der Waals surface area contributed by atoms with E-state index in [2.05, 4.69) is 30.6 Å². The molecule has 0 fully saturated rings. The summed E-state index contributed by atoms with van der Waals surface area (Å²) in [5.41, 5.74) is 5.58. The maximum Gasteiger partial charge on any atom is 0.220 e. The van der Waals surface area contributed by atoms with Gasteiger partial charge in [0.1, 0.15) is 0 Å². The van der Waals surface area contributed by atoms with Crippen LogP contribution in [0.15, 0.2) is 17.5 Å². The summed E-state index contributed by atoms with van der Waals surface area (Å²) in [6.07, 6.45) is 1.20. The minimum Gasteiger partial charge on any atom is -0.355 e. The van der Waals surface area contributed by atoms with Crippen molar-refractivity contribution in [3.63, 3.8) is 0 Å². The molecule has 1 aromatic rings. The van der Waals surface area contributed by atoms with Crippen molar-refractivity contribution >= 4 is 17.2 Å². The summed E-state index contributed by atoms with van der Waals surface area (Å²) in [5.74, 6) is 0.0816. The van der Waals surface area contributed by atoms with Crippen LogP contribution in [0.5, 0.6) is 0 Å². The lowest BCUT2D eigenvalue weighted by atomic mass is 9.91. The van der Waals surface area contributed by atoms with Crippen LogP contribution in [0.25, 0.3) is 0 Å². The Morgan fingerprint density at radius 3 is 2.56 bits per heavy atom. The number of carbonyl (C=O) groups is 1. The van der Waals surface area contributed by atoms with Gasteiger partial charge in [0.15, 0.2) is 0 Å². The second-order valence-corrected chi connectivity index (χ2v) is 7.07. The molecule has 0 atom stereocenters. The average molecular weight is 268 g/mol. The molecule has 4 heteroatoms. The molecule has 1 aromatic heterocycles. The molecule has 1 amide bonds. The first-order valence-corrected chi connectivity index (χ1v) is 7.18. The first-order chi connectivity index (χ1) is 8.21. The van der Waals surface area contributed by atoms with E-state index in [4.69, 9.17) is 5.73 Å². The number of nitrogens with two attached hydrogens (primary N) is 1. The van der Waals surface area contributed by atoms with Gasteiger partial charge >= 0.3 is 0 Å². The van der Waals surface area contributed by atoms with E-state index in [-0.39, 0.29) is 16.9 Å². The van der Waals surface area contributed by atoms with Gasteiger partial charge in [-0.25, -0.2) is 0 Å². The normalized spacial score (nSPS) is 12.5. The zero-order chi connectivity index (χ0) is 13.8. The second kappa shape index (κ2) is 5.85. The van der Waals surface area contributed by atoms with E-state index in [1.807, 2.05) is 19.9 Å². The Hall–Kier alpha value is -0.870. The van der Waals surface area contributed by atoms with Crippen molar-refractivity contribution in [2.75, 3.05) is 6.54 Å². The largest absolute Gasteiger partial charge is 0.355 e. The summed E-state index contributed by atoms with van der Waals surface area (Å²) in [4.78, 5) is 13.0. The van der Waals surface area contributed by atoms with Crippen LogP contribution in [0.4, 0.5) is 0 Å². The predicted molar refractivity (Wildman–Crippen MR) is 77.9 cm³/mol. The Kier molecular flexibility index (Phi) is 4.93. The molecule has 0 aliphatic rings. The molecule has 1 rings (SSSR count). The van der Waals surface area contributed by atoms with E-state index < -0.39 is 0 Å². The standard InChI is InChI=1S/C14H24N2OS/c1-13(2,11-6-5-9-18-11)10-16-12(17)7-8-14(3,4)15/h5-6,9H,7-8,10,15H2,1-4H3,(H,16,17). The minimum absolute atomic E-state index is 0.0118. The molecule has 0 saturated heterocycles. The molecule has 3 N–H and O–H groups in total. The molecule has 0 aliphatic carbocycles. The summed E-state index contributed by atoms with van der Waals surface area (Å²) in [6, 6.07) is 4.15. The molecule has 0 spiro atoms. The topological polar surface area (TPSA) is 55.1 Å². The molecule has 18 heavy (non-hydrogen) atoms. The first kappa shape index (κ1) is 15.2. The quantitative estimate of drug-likeness (QED) is 0.833. The summed E-state index contributed by atoms with van der Waals surface area (Å²) < 4.78 is 0. The SMILES string of the molecule is CC(C)(N)CCC(=O)NCC(C)(C)c1cccs1. The van der Waals surface area contributed by atoms with Crippen molar-refractivity contribution in [1.29, 1.82) is 0 Å². The van der Waals surface area contributed by atoms with Crippen LogP contribution in [0, 0.1) is 0 Å². The van der Waals surface area contributed by atoms with Crippen molar-refractivity contribution in [3.8, 4) is 0 Å². The highest BCUT2D eigenvalue weighted by molar-refractivity contribution is 7.10. The maximum absolute atomic E-state index is 11.7. The van der Waals surface area contributed by atoms with Crippen LogP contribution in [0.2, 0.25) is 0 Å². The highest BCUT2D eigenvalue weighted by atomic mass is 32.1. The highest BCUT2D eigenvalue weighted by Crippen LogP contribution is 2.26. The second-order valence-electron chi connectivity index (χ2n) is 6.13. The zero-order valence-corrected chi connectivity index (χ0v) is 12.6. The fourth-order valence-corrected chi connectivity index (χ4v) is 2.45. The van der Waals surface area contributed by atoms with Crippen LogP contribution in [0.3, 0.4) is 0 Å². The molecule has 1 heterocycles. The van der Waals surface area contributed by atoms with Crippen molar-refractivity contribution in [2.24, 2.45) is 5.73 Å². The Balaban J connectivity index is 2.39. The lowest BCUT2D eigenvalue weighted by molar-refractivity contribution is -0.121. The van der Waals surface area contributed by atoms with Crippen LogP contribution in [-0.2, 0) is 10.2 Å². The Bertz CT molecular complexity index is 377. The third kappa shape index (κ3) is 5.19. The summed E-state index contributed by atoms with van der Waals surface area (Å²) in [7, 11) is 0. The minimum atomic E-state index is -0.277. The van der Waals surface area contributed by atoms with Crippen molar-refractivity contribution in [2.45, 2.75) is 51.5 Å². The molecule has 0 aromatic carbocycles. The number of rotatable bonds is 6. The van der Waals surface area contributed by atoms with Gasteiger partial charge in [-0.05, 0) is 31.7 Å². The van der Waals surface area contributed by atoms with E-state index in [0.717, 1.165) is 0 Å². The predicted octanol–water partition coefficient (Wildman–Crippen LogP) is 2.66. The van der Waals surface area contributed by atoms with Crippen LogP contribution in [0.1, 0.15) is 45.4 Å². The molecule has 0 saturated carbocycles. The highest BCUT2D eigenvalue weighted by Gasteiger charge is 2.22. The van der Waals surface area contributed by atoms with Gasteiger partial charge in [0.2, 0.25) is 5.91 Å². The summed E-state index contributed by atoms with van der Waals surface area (Å²) in [5, 5.41) is 5.06. The number of hydrogen-bond acceptors (Lipinski definition) is 3. The lowest BCUT2D eigenvalue weighted by Crippen LogP contribution is -2.38. The van der Waals surface area contributed by atoms with E-state index in [0.29, 0.717) is 19.4 Å². The van der Waals surface area contributed by atoms with Gasteiger partial charge < -0.3 is 11.1 Å². The van der Waals surface area contributed by atoms with Crippen molar-refractivity contribution in [3.05, 3.63) is 22.4 Å². The number of carbonyl (C=O) groups excluding carboxylic acids is 1. The van der Waals surface area contributed by atoms with E-state index in [1.54, 1.807) is 11.3 Å². The van der Waals surface area contributed by atoms with Crippen molar-refractivity contribution in [1.82, 2.24) is 5.32 Å². The van der Waals surface area contributed by atoms with Crippen LogP contribution < -0.4 is 11.1 Å². The number of thiophene rings is 1. The Morgan fingerprint density at radius 2 is 2.06 bits per heavy atom. The fraction of sp³-hybridized carbons (Fsp3) is 0.643. The van der Waals surface area contributed by atoms with Gasteiger partial charge in [0, 0.05) is 28.8 Å². The Morgan fingerprint density at radius 1 is 1.39 bits per heavy atom. The van der Waals surface area contributed by atoms with Gasteiger partial charge in [0.25, 0.3) is 0 Å². The number of hydrogen-bond donors (Lipinski definition) is 2. The third-order valence-electron chi connectivity index (χ3n) is 2.91. The van der Waals surface area contributed by atoms with E-state index in [9.17, 15) is 4.79 Å². The number of nitrogens with one attached hydrogen (secondary N) is 1. The molecule has 0 radical (unpaired) electrons. The molecular formula is C14H24N2OS. The van der Waals surface area contributed by atoms with Gasteiger partial charge in [-0.15, -0.1) is 11.3 Å². The lowest BCUT2D eigenvalue weighted by Gasteiger charge is -2.24. The van der Waals surface area contributed by atoms with Crippen LogP contribution >= 0.6 is 11.3 Å². The van der Waals surface area contributed by atoms with Gasteiger partial charge in [-0.2, -0.15) is 0 Å². The van der Waals surface area contributed by atoms with Gasteiger partial charge in [-0.3, -0.25) is 4.79 Å². The summed E-state index contributed by atoms with van der Waals surface area (Å²) in [6.45, 7) is 8.83. The monoisotopic (exact) mass is 268 g/mol. The molecule has 0 unspecified atom stereocenters. The Labute approximate surface area is 114 Å². The number of amides is 1. The summed E-state index contributed by atoms with van der Waals surface area (Å²) >= 11 is 1.73. The zero-order valence-electron chi connectivity index (χ0n) is 11.7. The molecule has 3 nitrogen and oxygen atoms in total. The molecule has 102 valence electrons. The van der Waals surface area contributed by atoms with Crippen LogP contribution in [-0.4, -0.2) is 18.0 Å². The van der Waals surface area contributed by atoms with Gasteiger partial charge in [-0.1, -0.05) is 19.9 Å². The van der Waals surface area contributed by atoms with E-state index in [1.165, 1.54) is 4.88 Å².